The molecule has 2 aromatic heterocycles. The van der Waals surface area contributed by atoms with Crippen LogP contribution in [-0.2, 0) is 16.1 Å². The maximum absolute atomic E-state index is 13.1. The number of hydrogen-bond donors (Lipinski definition) is 0. The Morgan fingerprint density at radius 1 is 1.27 bits per heavy atom. The Morgan fingerprint density at radius 2 is 2.08 bits per heavy atom. The summed E-state index contributed by atoms with van der Waals surface area (Å²) in [6, 6.07) is 3.93. The van der Waals surface area contributed by atoms with Gasteiger partial charge in [-0.3, -0.25) is 4.98 Å². The number of anilines is 1. The zero-order valence-corrected chi connectivity index (χ0v) is 14.7. The summed E-state index contributed by atoms with van der Waals surface area (Å²) in [7, 11) is 0. The van der Waals surface area contributed by atoms with E-state index in [-0.39, 0.29) is 5.60 Å². The first-order valence-corrected chi connectivity index (χ1v) is 9.08. The predicted octanol–water partition coefficient (Wildman–Crippen LogP) is 2.60. The number of rotatable bonds is 5. The number of pyridine rings is 1. The number of aromatic nitrogens is 3. The molecule has 0 amide bonds. The number of halogens is 1. The van der Waals surface area contributed by atoms with E-state index in [1.165, 1.54) is 12.4 Å². The van der Waals surface area contributed by atoms with Crippen LogP contribution < -0.4 is 4.90 Å². The lowest BCUT2D eigenvalue weighted by Crippen LogP contribution is -2.55. The number of hydrogen-bond acceptors (Lipinski definition) is 6. The van der Waals surface area contributed by atoms with Crippen molar-refractivity contribution >= 4 is 5.95 Å². The fourth-order valence-corrected chi connectivity index (χ4v) is 3.99. The average Bonchev–Trinajstić information content (AvgIpc) is 3.05. The molecule has 0 radical (unpaired) electrons. The highest BCUT2D eigenvalue weighted by atomic mass is 19.1. The molecular weight excluding hydrogens is 335 g/mol. The molecule has 0 aromatic carbocycles. The molecule has 0 unspecified atom stereocenters. The molecule has 1 saturated carbocycles. The van der Waals surface area contributed by atoms with E-state index in [9.17, 15) is 4.39 Å². The summed E-state index contributed by atoms with van der Waals surface area (Å²) in [6.45, 7) is 3.32. The molecule has 3 heterocycles. The Morgan fingerprint density at radius 3 is 2.88 bits per heavy atom. The SMILES string of the molecule is Fc1cnc(N2CCO[C@]3(CCC[C@H]3COCc3ccncc3)C2)nc1. The summed E-state index contributed by atoms with van der Waals surface area (Å²) in [6.07, 6.45) is 9.22. The Labute approximate surface area is 152 Å². The van der Waals surface area contributed by atoms with E-state index >= 15 is 0 Å². The third-order valence-corrected chi connectivity index (χ3v) is 5.33. The van der Waals surface area contributed by atoms with Gasteiger partial charge in [0.15, 0.2) is 5.82 Å². The molecule has 1 aliphatic carbocycles. The van der Waals surface area contributed by atoms with Crippen molar-refractivity contribution in [2.45, 2.75) is 31.5 Å². The standard InChI is InChI=1S/C19H23FN4O2/c20-17-10-22-18(23-11-17)24-8-9-26-19(14-24)5-1-2-16(19)13-25-12-15-3-6-21-7-4-15/h3-4,6-7,10-11,16H,1-2,5,8-9,12-14H2/t16-,19+/m0/s1. The molecule has 26 heavy (non-hydrogen) atoms. The summed E-state index contributed by atoms with van der Waals surface area (Å²) >= 11 is 0. The molecular formula is C19H23FN4O2. The minimum absolute atomic E-state index is 0.228. The van der Waals surface area contributed by atoms with Gasteiger partial charge in [0.05, 0.1) is 44.4 Å². The smallest absolute Gasteiger partial charge is 0.225 e. The van der Waals surface area contributed by atoms with Gasteiger partial charge in [-0.05, 0) is 30.5 Å². The van der Waals surface area contributed by atoms with Crippen molar-refractivity contribution in [2.75, 3.05) is 31.2 Å². The van der Waals surface area contributed by atoms with E-state index in [1.54, 1.807) is 12.4 Å². The molecule has 1 saturated heterocycles. The van der Waals surface area contributed by atoms with Gasteiger partial charge in [-0.15, -0.1) is 0 Å². The monoisotopic (exact) mass is 358 g/mol. The fraction of sp³-hybridized carbons (Fsp3) is 0.526. The lowest BCUT2D eigenvalue weighted by molar-refractivity contribution is -0.101. The van der Waals surface area contributed by atoms with Crippen LogP contribution in [0.1, 0.15) is 24.8 Å². The third-order valence-electron chi connectivity index (χ3n) is 5.33. The van der Waals surface area contributed by atoms with Gasteiger partial charge < -0.3 is 14.4 Å². The lowest BCUT2D eigenvalue weighted by Gasteiger charge is -2.44. The van der Waals surface area contributed by atoms with Crippen LogP contribution in [0.2, 0.25) is 0 Å². The molecule has 2 atom stereocenters. The summed E-state index contributed by atoms with van der Waals surface area (Å²) in [5.41, 5.74) is 0.895. The van der Waals surface area contributed by atoms with Crippen molar-refractivity contribution in [2.24, 2.45) is 5.92 Å². The number of morpholine rings is 1. The van der Waals surface area contributed by atoms with Crippen molar-refractivity contribution in [1.82, 2.24) is 15.0 Å². The second-order valence-corrected chi connectivity index (χ2v) is 7.00. The Kier molecular flexibility index (Phi) is 5.08. The predicted molar refractivity (Wildman–Crippen MR) is 94.1 cm³/mol. The zero-order valence-electron chi connectivity index (χ0n) is 14.7. The van der Waals surface area contributed by atoms with Crippen LogP contribution in [-0.4, -0.2) is 46.9 Å². The molecule has 0 bridgehead atoms. The van der Waals surface area contributed by atoms with Gasteiger partial charge in [0.2, 0.25) is 5.95 Å². The van der Waals surface area contributed by atoms with Crippen molar-refractivity contribution in [3.63, 3.8) is 0 Å². The van der Waals surface area contributed by atoms with E-state index in [0.717, 1.165) is 37.9 Å². The topological polar surface area (TPSA) is 60.4 Å². The second-order valence-electron chi connectivity index (χ2n) is 7.00. The maximum atomic E-state index is 13.1. The molecule has 2 aliphatic rings. The van der Waals surface area contributed by atoms with Crippen molar-refractivity contribution in [3.8, 4) is 0 Å². The zero-order chi connectivity index (χ0) is 17.8. The Hall–Kier alpha value is -2.12. The van der Waals surface area contributed by atoms with E-state index in [2.05, 4.69) is 19.9 Å². The number of ether oxygens (including phenoxy) is 2. The van der Waals surface area contributed by atoms with Gasteiger partial charge >= 0.3 is 0 Å². The molecule has 0 N–H and O–H groups in total. The van der Waals surface area contributed by atoms with Crippen LogP contribution in [0.3, 0.4) is 0 Å². The highest BCUT2D eigenvalue weighted by Gasteiger charge is 2.47. The molecule has 1 aliphatic heterocycles. The largest absolute Gasteiger partial charge is 0.376 e. The summed E-state index contributed by atoms with van der Waals surface area (Å²) in [4.78, 5) is 14.4. The van der Waals surface area contributed by atoms with Gasteiger partial charge in [0.1, 0.15) is 0 Å². The summed E-state index contributed by atoms with van der Waals surface area (Å²) < 4.78 is 25.3. The highest BCUT2D eigenvalue weighted by molar-refractivity contribution is 5.31. The van der Waals surface area contributed by atoms with E-state index < -0.39 is 5.82 Å². The summed E-state index contributed by atoms with van der Waals surface area (Å²) in [5, 5.41) is 0. The molecule has 1 spiro atoms. The second kappa shape index (κ2) is 7.63. The van der Waals surface area contributed by atoms with Crippen LogP contribution in [0.4, 0.5) is 10.3 Å². The highest BCUT2D eigenvalue weighted by Crippen LogP contribution is 2.41. The van der Waals surface area contributed by atoms with Gasteiger partial charge in [0, 0.05) is 24.9 Å². The van der Waals surface area contributed by atoms with Crippen LogP contribution in [0, 0.1) is 11.7 Å². The van der Waals surface area contributed by atoms with Gasteiger partial charge in [-0.25, -0.2) is 14.4 Å². The molecule has 6 nitrogen and oxygen atoms in total. The van der Waals surface area contributed by atoms with Gasteiger partial charge in [-0.1, -0.05) is 6.42 Å². The van der Waals surface area contributed by atoms with Crippen LogP contribution >= 0.6 is 0 Å². The first kappa shape index (κ1) is 17.3. The molecule has 7 heteroatoms. The first-order chi connectivity index (χ1) is 12.8. The van der Waals surface area contributed by atoms with Gasteiger partial charge in [0.25, 0.3) is 0 Å². The maximum Gasteiger partial charge on any atom is 0.225 e. The third kappa shape index (κ3) is 3.68. The quantitative estimate of drug-likeness (QED) is 0.819. The molecule has 138 valence electrons. The molecule has 4 rings (SSSR count). The van der Waals surface area contributed by atoms with Crippen molar-refractivity contribution < 1.29 is 13.9 Å². The lowest BCUT2D eigenvalue weighted by atomic mass is 9.89. The van der Waals surface area contributed by atoms with E-state index in [4.69, 9.17) is 9.47 Å². The Balaban J connectivity index is 1.39. The first-order valence-electron chi connectivity index (χ1n) is 9.08. The van der Waals surface area contributed by atoms with Crippen molar-refractivity contribution in [1.29, 1.82) is 0 Å². The molecule has 2 fully saturated rings. The number of nitrogens with zero attached hydrogens (tertiary/aromatic N) is 4. The van der Waals surface area contributed by atoms with Crippen molar-refractivity contribution in [3.05, 3.63) is 48.3 Å². The average molecular weight is 358 g/mol. The van der Waals surface area contributed by atoms with E-state index in [0.29, 0.717) is 31.7 Å². The fourth-order valence-electron chi connectivity index (χ4n) is 3.99. The van der Waals surface area contributed by atoms with Crippen LogP contribution in [0.5, 0.6) is 0 Å². The van der Waals surface area contributed by atoms with Crippen LogP contribution in [0.15, 0.2) is 36.9 Å². The minimum atomic E-state index is -0.417. The minimum Gasteiger partial charge on any atom is -0.376 e. The molecule has 2 aromatic rings. The Bertz CT molecular complexity index is 715. The van der Waals surface area contributed by atoms with Gasteiger partial charge in [-0.2, -0.15) is 0 Å². The summed E-state index contributed by atoms with van der Waals surface area (Å²) in [5.74, 6) is 0.491. The van der Waals surface area contributed by atoms with Crippen LogP contribution in [0.25, 0.3) is 0 Å². The van der Waals surface area contributed by atoms with E-state index in [1.807, 2.05) is 12.1 Å². The normalized spacial score (nSPS) is 25.7.